The van der Waals surface area contributed by atoms with E-state index in [2.05, 4.69) is 10.6 Å². The molecule has 0 aliphatic rings. The second-order valence-electron chi connectivity index (χ2n) is 7.59. The first-order valence-electron chi connectivity index (χ1n) is 10.3. The van der Waals surface area contributed by atoms with Crippen LogP contribution in [0.15, 0.2) is 23.6 Å². The van der Waals surface area contributed by atoms with Crippen molar-refractivity contribution in [2.24, 2.45) is 5.92 Å². The van der Waals surface area contributed by atoms with Crippen LogP contribution in [0, 0.1) is 12.8 Å². The molecule has 0 atom stereocenters. The highest BCUT2D eigenvalue weighted by Crippen LogP contribution is 2.31. The van der Waals surface area contributed by atoms with E-state index in [1.165, 1.54) is 24.3 Å². The van der Waals surface area contributed by atoms with Gasteiger partial charge in [-0.3, -0.25) is 9.59 Å². The number of aryl methyl sites for hydroxylation is 1. The van der Waals surface area contributed by atoms with Gasteiger partial charge in [-0.15, -0.1) is 11.3 Å². The van der Waals surface area contributed by atoms with E-state index in [1.807, 2.05) is 19.2 Å². The fourth-order valence-corrected chi connectivity index (χ4v) is 4.03. The molecule has 9 heteroatoms. The van der Waals surface area contributed by atoms with Gasteiger partial charge in [-0.05, 0) is 48.8 Å². The van der Waals surface area contributed by atoms with Crippen LogP contribution in [0.5, 0.6) is 0 Å². The molecule has 0 unspecified atom stereocenters. The molecule has 0 saturated carbocycles. The van der Waals surface area contributed by atoms with E-state index in [-0.39, 0.29) is 18.1 Å². The summed E-state index contributed by atoms with van der Waals surface area (Å²) in [6, 6.07) is 4.91. The first-order valence-corrected chi connectivity index (χ1v) is 11.1. The summed E-state index contributed by atoms with van der Waals surface area (Å²) in [7, 11) is 0. The van der Waals surface area contributed by atoms with Crippen LogP contribution in [0.1, 0.15) is 59.5 Å². The van der Waals surface area contributed by atoms with Gasteiger partial charge in [0.05, 0.1) is 23.4 Å². The van der Waals surface area contributed by atoms with Crippen molar-refractivity contribution < 1.29 is 28.7 Å². The van der Waals surface area contributed by atoms with E-state index in [4.69, 9.17) is 9.47 Å². The van der Waals surface area contributed by atoms with Crippen LogP contribution in [0.2, 0.25) is 0 Å². The van der Waals surface area contributed by atoms with Crippen molar-refractivity contribution in [1.82, 2.24) is 0 Å². The molecule has 32 heavy (non-hydrogen) atoms. The molecule has 0 aliphatic carbocycles. The molecule has 0 spiro atoms. The molecule has 2 aromatic rings. The minimum atomic E-state index is -0.745. The molecule has 1 heterocycles. The number of para-hydroxylation sites is 1. The normalized spacial score (nSPS) is 10.6. The predicted molar refractivity (Wildman–Crippen MR) is 123 cm³/mol. The summed E-state index contributed by atoms with van der Waals surface area (Å²) in [5.74, 6) is -1.85. The van der Waals surface area contributed by atoms with Crippen molar-refractivity contribution in [3.8, 4) is 0 Å². The number of benzene rings is 1. The van der Waals surface area contributed by atoms with Gasteiger partial charge >= 0.3 is 11.9 Å². The van der Waals surface area contributed by atoms with E-state index in [0.717, 1.165) is 5.56 Å². The van der Waals surface area contributed by atoms with Gasteiger partial charge in [-0.25, -0.2) is 9.59 Å². The number of ether oxygens (including phenoxy) is 2. The predicted octanol–water partition coefficient (Wildman–Crippen LogP) is 4.19. The lowest BCUT2D eigenvalue weighted by molar-refractivity contribution is -0.119. The maximum absolute atomic E-state index is 12.5. The second-order valence-corrected chi connectivity index (χ2v) is 8.47. The molecule has 0 radical (unpaired) electrons. The third kappa shape index (κ3) is 6.65. The van der Waals surface area contributed by atoms with E-state index < -0.39 is 24.5 Å². The zero-order chi connectivity index (χ0) is 23.8. The van der Waals surface area contributed by atoms with Crippen LogP contribution in [0.4, 0.5) is 10.7 Å². The Balaban J connectivity index is 2.12. The summed E-state index contributed by atoms with van der Waals surface area (Å²) in [5, 5.41) is 7.43. The largest absolute Gasteiger partial charge is 0.462 e. The van der Waals surface area contributed by atoms with Gasteiger partial charge in [0.15, 0.2) is 6.61 Å². The highest BCUT2D eigenvalue weighted by Gasteiger charge is 2.23. The van der Waals surface area contributed by atoms with Crippen molar-refractivity contribution in [3.63, 3.8) is 0 Å². The summed E-state index contributed by atoms with van der Waals surface area (Å²) < 4.78 is 10.3. The van der Waals surface area contributed by atoms with E-state index in [0.29, 0.717) is 34.2 Å². The maximum Gasteiger partial charge on any atom is 0.341 e. The van der Waals surface area contributed by atoms with Gasteiger partial charge in [0.25, 0.3) is 5.91 Å². The van der Waals surface area contributed by atoms with Gasteiger partial charge in [-0.1, -0.05) is 26.0 Å². The molecular formula is C23H28N2O6S. The van der Waals surface area contributed by atoms with Gasteiger partial charge < -0.3 is 20.1 Å². The zero-order valence-electron chi connectivity index (χ0n) is 18.9. The smallest absolute Gasteiger partial charge is 0.341 e. The topological polar surface area (TPSA) is 111 Å². The summed E-state index contributed by atoms with van der Waals surface area (Å²) in [6.45, 7) is 8.53. The van der Waals surface area contributed by atoms with Crippen molar-refractivity contribution in [3.05, 3.63) is 45.8 Å². The summed E-state index contributed by atoms with van der Waals surface area (Å²) in [5.41, 5.74) is 2.31. The quantitative estimate of drug-likeness (QED) is 0.543. The summed E-state index contributed by atoms with van der Waals surface area (Å²) in [6.07, 6.45) is 0.661. The molecule has 0 bridgehead atoms. The lowest BCUT2D eigenvalue weighted by Crippen LogP contribution is -2.22. The Morgan fingerprint density at radius 3 is 2.41 bits per heavy atom. The van der Waals surface area contributed by atoms with Gasteiger partial charge in [0.2, 0.25) is 5.91 Å². The molecule has 1 aromatic carbocycles. The Morgan fingerprint density at radius 2 is 1.78 bits per heavy atom. The average molecular weight is 461 g/mol. The standard InChI is InChI=1S/C23H28N2O6S/c1-6-30-23(29)19-16(10-13(2)3)12-32-21(19)25-18(27)11-31-22(28)17-9-7-8-14(4)20(17)24-15(5)26/h7-9,12-13H,6,10-11H2,1-5H3,(H,24,26)(H,25,27). The number of rotatable bonds is 9. The molecule has 2 N–H and O–H groups in total. The van der Waals surface area contributed by atoms with Gasteiger partial charge in [-0.2, -0.15) is 0 Å². The maximum atomic E-state index is 12.5. The van der Waals surface area contributed by atoms with Gasteiger partial charge in [0, 0.05) is 6.92 Å². The fraction of sp³-hybridized carbons (Fsp3) is 0.391. The SMILES string of the molecule is CCOC(=O)c1c(CC(C)C)csc1NC(=O)COC(=O)c1cccc(C)c1NC(C)=O. The van der Waals surface area contributed by atoms with Crippen molar-refractivity contribution in [2.75, 3.05) is 23.8 Å². The Labute approximate surface area is 191 Å². The summed E-state index contributed by atoms with van der Waals surface area (Å²) >= 11 is 1.22. The first kappa shape index (κ1) is 25.1. The summed E-state index contributed by atoms with van der Waals surface area (Å²) in [4.78, 5) is 48.8. The number of amides is 2. The minimum Gasteiger partial charge on any atom is -0.462 e. The van der Waals surface area contributed by atoms with Crippen LogP contribution >= 0.6 is 11.3 Å². The second kappa shape index (κ2) is 11.4. The number of hydrogen-bond acceptors (Lipinski definition) is 7. The number of carbonyl (C=O) groups excluding carboxylic acids is 4. The first-order chi connectivity index (χ1) is 15.1. The Morgan fingerprint density at radius 1 is 1.06 bits per heavy atom. The highest BCUT2D eigenvalue weighted by atomic mass is 32.1. The molecule has 0 saturated heterocycles. The van der Waals surface area contributed by atoms with Crippen LogP contribution in [0.3, 0.4) is 0 Å². The number of hydrogen-bond donors (Lipinski definition) is 2. The van der Waals surface area contributed by atoms with E-state index in [9.17, 15) is 19.2 Å². The van der Waals surface area contributed by atoms with Crippen LogP contribution in [-0.4, -0.2) is 37.0 Å². The lowest BCUT2D eigenvalue weighted by atomic mass is 10.0. The number of anilines is 2. The third-order valence-electron chi connectivity index (χ3n) is 4.36. The van der Waals surface area contributed by atoms with E-state index >= 15 is 0 Å². The molecular weight excluding hydrogens is 432 g/mol. The molecule has 1 aromatic heterocycles. The van der Waals surface area contributed by atoms with E-state index in [1.54, 1.807) is 26.0 Å². The lowest BCUT2D eigenvalue weighted by Gasteiger charge is -2.13. The number of thiophene rings is 1. The highest BCUT2D eigenvalue weighted by molar-refractivity contribution is 7.15. The van der Waals surface area contributed by atoms with Crippen LogP contribution in [0.25, 0.3) is 0 Å². The Bertz CT molecular complexity index is 1010. The van der Waals surface area contributed by atoms with Crippen molar-refractivity contribution in [2.45, 2.75) is 41.0 Å². The molecule has 2 rings (SSSR count). The molecule has 2 amide bonds. The third-order valence-corrected chi connectivity index (χ3v) is 5.30. The van der Waals surface area contributed by atoms with Crippen LogP contribution in [-0.2, 0) is 25.5 Å². The average Bonchev–Trinajstić information content (AvgIpc) is 3.08. The number of carbonyl (C=O) groups is 4. The Hall–Kier alpha value is -3.20. The number of nitrogens with one attached hydrogen (secondary N) is 2. The molecule has 0 fully saturated rings. The van der Waals surface area contributed by atoms with Crippen molar-refractivity contribution >= 4 is 45.8 Å². The molecule has 0 aliphatic heterocycles. The molecule has 172 valence electrons. The zero-order valence-corrected chi connectivity index (χ0v) is 19.7. The minimum absolute atomic E-state index is 0.149. The monoisotopic (exact) mass is 460 g/mol. The van der Waals surface area contributed by atoms with Crippen molar-refractivity contribution in [1.29, 1.82) is 0 Å². The Kier molecular flexibility index (Phi) is 8.95. The molecule has 8 nitrogen and oxygen atoms in total. The van der Waals surface area contributed by atoms with Crippen LogP contribution < -0.4 is 10.6 Å². The number of esters is 2. The fourth-order valence-electron chi connectivity index (χ4n) is 3.05. The van der Waals surface area contributed by atoms with Gasteiger partial charge in [0.1, 0.15) is 5.00 Å².